The molecular weight excluding hydrogens is 286 g/mol. The first-order valence-corrected chi connectivity index (χ1v) is 7.76. The van der Waals surface area contributed by atoms with Gasteiger partial charge in [-0.05, 0) is 43.1 Å². The zero-order valence-corrected chi connectivity index (χ0v) is 13.1. The van der Waals surface area contributed by atoms with Crippen LogP contribution in [0.4, 0.5) is 5.69 Å². The highest BCUT2D eigenvalue weighted by atomic mass is 16.2. The maximum Gasteiger partial charge on any atom is 0.238 e. The molecule has 4 nitrogen and oxygen atoms in total. The van der Waals surface area contributed by atoms with Gasteiger partial charge >= 0.3 is 0 Å². The molecule has 0 spiro atoms. The van der Waals surface area contributed by atoms with Gasteiger partial charge in [-0.25, -0.2) is 0 Å². The average Bonchev–Trinajstić information content (AvgIpc) is 2.99. The summed E-state index contributed by atoms with van der Waals surface area (Å²) in [6.07, 6.45) is 2.10. The monoisotopic (exact) mass is 305 g/mol. The van der Waals surface area contributed by atoms with Crippen LogP contribution in [0, 0.1) is 11.3 Å². The molecule has 0 heterocycles. The van der Waals surface area contributed by atoms with Crippen LogP contribution in [0.3, 0.4) is 0 Å². The second-order valence-corrected chi connectivity index (χ2v) is 5.87. The topological polar surface area (TPSA) is 56.1 Å². The van der Waals surface area contributed by atoms with Crippen LogP contribution < -0.4 is 5.32 Å². The van der Waals surface area contributed by atoms with Gasteiger partial charge in [0.1, 0.15) is 6.07 Å². The van der Waals surface area contributed by atoms with Gasteiger partial charge in [0.25, 0.3) is 0 Å². The van der Waals surface area contributed by atoms with Gasteiger partial charge in [0.05, 0.1) is 17.8 Å². The summed E-state index contributed by atoms with van der Waals surface area (Å²) in [7, 11) is 1.97. The second-order valence-electron chi connectivity index (χ2n) is 5.87. The lowest BCUT2D eigenvalue weighted by atomic mass is 10.1. The number of hydrogen-bond donors (Lipinski definition) is 1. The lowest BCUT2D eigenvalue weighted by Crippen LogP contribution is -2.32. The van der Waals surface area contributed by atoms with Crippen LogP contribution >= 0.6 is 0 Å². The number of rotatable bonds is 4. The molecule has 1 N–H and O–H groups in total. The fraction of sp³-hybridized carbons (Fsp3) is 0.263. The van der Waals surface area contributed by atoms with Gasteiger partial charge in [-0.15, -0.1) is 0 Å². The Hall–Kier alpha value is -2.64. The number of benzene rings is 2. The highest BCUT2D eigenvalue weighted by Crippen LogP contribution is 2.34. The SMILES string of the molecule is CN(CC(=O)Nc1ccccc1C#N)[C@H]1CCc2ccccc21. The van der Waals surface area contributed by atoms with Crippen molar-refractivity contribution in [3.63, 3.8) is 0 Å². The molecule has 0 aliphatic heterocycles. The molecule has 2 aromatic carbocycles. The van der Waals surface area contributed by atoms with E-state index in [1.165, 1.54) is 11.1 Å². The molecule has 1 aliphatic rings. The molecule has 4 heteroatoms. The summed E-state index contributed by atoms with van der Waals surface area (Å²) in [6, 6.07) is 17.8. The van der Waals surface area contributed by atoms with Crippen LogP contribution in [-0.2, 0) is 11.2 Å². The molecule has 23 heavy (non-hydrogen) atoms. The van der Waals surface area contributed by atoms with Crippen molar-refractivity contribution in [3.8, 4) is 6.07 Å². The summed E-state index contributed by atoms with van der Waals surface area (Å²) in [5, 5.41) is 11.9. The highest BCUT2D eigenvalue weighted by molar-refractivity contribution is 5.93. The minimum Gasteiger partial charge on any atom is -0.324 e. The highest BCUT2D eigenvalue weighted by Gasteiger charge is 2.26. The Morgan fingerprint density at radius 2 is 2.00 bits per heavy atom. The Bertz CT molecular complexity index is 763. The van der Waals surface area contributed by atoms with E-state index in [1.807, 2.05) is 19.2 Å². The van der Waals surface area contributed by atoms with Crippen molar-refractivity contribution in [2.45, 2.75) is 18.9 Å². The van der Waals surface area contributed by atoms with Crippen molar-refractivity contribution >= 4 is 11.6 Å². The van der Waals surface area contributed by atoms with Gasteiger partial charge in [0.2, 0.25) is 5.91 Å². The fourth-order valence-corrected chi connectivity index (χ4v) is 3.21. The molecule has 0 bridgehead atoms. The number of carbonyl (C=O) groups is 1. The Morgan fingerprint density at radius 1 is 1.26 bits per heavy atom. The number of fused-ring (bicyclic) bond motifs is 1. The van der Waals surface area contributed by atoms with Gasteiger partial charge in [-0.2, -0.15) is 5.26 Å². The predicted molar refractivity (Wildman–Crippen MR) is 89.9 cm³/mol. The van der Waals surface area contributed by atoms with Crippen molar-refractivity contribution in [1.29, 1.82) is 5.26 Å². The standard InChI is InChI=1S/C19H19N3O/c1-22(18-11-10-14-6-2-4-8-16(14)18)13-19(23)21-17-9-5-3-7-15(17)12-20/h2-9,18H,10-11,13H2,1H3,(H,21,23)/t18-/m0/s1. The lowest BCUT2D eigenvalue weighted by Gasteiger charge is -2.24. The smallest absolute Gasteiger partial charge is 0.238 e. The van der Waals surface area contributed by atoms with Gasteiger partial charge in [0, 0.05) is 6.04 Å². The number of anilines is 1. The molecule has 0 unspecified atom stereocenters. The van der Waals surface area contributed by atoms with Crippen LogP contribution in [0.1, 0.15) is 29.2 Å². The second kappa shape index (κ2) is 6.64. The van der Waals surface area contributed by atoms with Crippen molar-refractivity contribution in [1.82, 2.24) is 4.90 Å². The molecule has 1 atom stereocenters. The van der Waals surface area contributed by atoms with Crippen molar-refractivity contribution in [2.75, 3.05) is 18.9 Å². The summed E-state index contributed by atoms with van der Waals surface area (Å²) in [5.41, 5.74) is 3.75. The number of hydrogen-bond acceptors (Lipinski definition) is 3. The first kappa shape index (κ1) is 15.3. The first-order chi connectivity index (χ1) is 11.2. The van der Waals surface area contributed by atoms with E-state index in [0.29, 0.717) is 17.8 Å². The van der Waals surface area contributed by atoms with E-state index in [-0.39, 0.29) is 11.9 Å². The maximum atomic E-state index is 12.3. The van der Waals surface area contributed by atoms with Crippen molar-refractivity contribution < 1.29 is 4.79 Å². The quantitative estimate of drug-likeness (QED) is 0.944. The number of aryl methyl sites for hydroxylation is 1. The maximum absolute atomic E-state index is 12.3. The van der Waals surface area contributed by atoms with E-state index in [4.69, 9.17) is 5.26 Å². The molecule has 116 valence electrons. The molecule has 3 rings (SSSR count). The minimum atomic E-state index is -0.0976. The number of para-hydroxylation sites is 1. The number of nitriles is 1. The average molecular weight is 305 g/mol. The summed E-state index contributed by atoms with van der Waals surface area (Å²) in [4.78, 5) is 14.4. The first-order valence-electron chi connectivity index (χ1n) is 7.76. The molecule has 2 aromatic rings. The summed E-state index contributed by atoms with van der Waals surface area (Å²) < 4.78 is 0. The molecule has 1 aliphatic carbocycles. The molecule has 1 amide bonds. The minimum absolute atomic E-state index is 0.0976. The third-order valence-electron chi connectivity index (χ3n) is 4.35. The van der Waals surface area contributed by atoms with E-state index < -0.39 is 0 Å². The van der Waals surface area contributed by atoms with Crippen LogP contribution in [0.2, 0.25) is 0 Å². The Morgan fingerprint density at radius 3 is 2.83 bits per heavy atom. The molecule has 0 saturated heterocycles. The van der Waals surface area contributed by atoms with E-state index in [1.54, 1.807) is 18.2 Å². The van der Waals surface area contributed by atoms with E-state index in [0.717, 1.165) is 12.8 Å². The van der Waals surface area contributed by atoms with Crippen LogP contribution in [0.15, 0.2) is 48.5 Å². The Balaban J connectivity index is 1.66. The number of amides is 1. The van der Waals surface area contributed by atoms with Crippen molar-refractivity contribution in [3.05, 3.63) is 65.2 Å². The lowest BCUT2D eigenvalue weighted by molar-refractivity contribution is -0.117. The summed E-state index contributed by atoms with van der Waals surface area (Å²) >= 11 is 0. The van der Waals surface area contributed by atoms with Gasteiger partial charge in [0.15, 0.2) is 0 Å². The van der Waals surface area contributed by atoms with E-state index in [9.17, 15) is 4.79 Å². The van der Waals surface area contributed by atoms with Gasteiger partial charge in [-0.1, -0.05) is 36.4 Å². The zero-order valence-electron chi connectivity index (χ0n) is 13.1. The number of nitrogens with zero attached hydrogens (tertiary/aromatic N) is 2. The van der Waals surface area contributed by atoms with E-state index >= 15 is 0 Å². The number of likely N-dealkylation sites (N-methyl/N-ethyl adjacent to an activating group) is 1. The molecule has 0 aromatic heterocycles. The van der Waals surface area contributed by atoms with Crippen LogP contribution in [0.5, 0.6) is 0 Å². The zero-order chi connectivity index (χ0) is 16.2. The molecule has 0 saturated carbocycles. The number of carbonyl (C=O) groups excluding carboxylic acids is 1. The molecular formula is C19H19N3O. The third kappa shape index (κ3) is 3.25. The largest absolute Gasteiger partial charge is 0.324 e. The Labute approximate surface area is 136 Å². The van der Waals surface area contributed by atoms with E-state index in [2.05, 4.69) is 34.5 Å². The summed E-state index contributed by atoms with van der Waals surface area (Å²) in [6.45, 7) is 0.304. The fourth-order valence-electron chi connectivity index (χ4n) is 3.21. The summed E-state index contributed by atoms with van der Waals surface area (Å²) in [5.74, 6) is -0.0976. The molecule has 0 fully saturated rings. The van der Waals surface area contributed by atoms with Crippen LogP contribution in [0.25, 0.3) is 0 Å². The Kier molecular flexibility index (Phi) is 4.40. The molecule has 0 radical (unpaired) electrons. The van der Waals surface area contributed by atoms with Crippen molar-refractivity contribution in [2.24, 2.45) is 0 Å². The third-order valence-corrected chi connectivity index (χ3v) is 4.35. The van der Waals surface area contributed by atoms with Gasteiger partial charge in [-0.3, -0.25) is 9.69 Å². The van der Waals surface area contributed by atoms with Crippen LogP contribution in [-0.4, -0.2) is 24.4 Å². The van der Waals surface area contributed by atoms with Gasteiger partial charge < -0.3 is 5.32 Å². The normalized spacial score (nSPS) is 16.0. The number of nitrogens with one attached hydrogen (secondary N) is 1. The predicted octanol–water partition coefficient (Wildman–Crippen LogP) is 3.12.